The fraction of sp³-hybridized carbons (Fsp3) is 0.400. The third-order valence-electron chi connectivity index (χ3n) is 7.25. The van der Waals surface area contributed by atoms with Crippen LogP contribution in [0.3, 0.4) is 0 Å². The molecule has 4 rings (SSSR count). The standard InChI is InChI=1S/C30H37N3O6S2/c1-32(2)41(36,37)25-15-13-23(14-16-25)33(28(34)20-24-11-8-18-40-24)29(30(35)31-22-9-6-5-7-10-22)21-12-17-26(38-3)27(19-21)39-4/h8,11-19,22,29H,5-7,9-10,20H2,1-4H3,(H,31,35). The molecule has 11 heteroatoms. The summed E-state index contributed by atoms with van der Waals surface area (Å²) in [5, 5.41) is 5.09. The first-order valence-electron chi connectivity index (χ1n) is 13.5. The van der Waals surface area contributed by atoms with Gasteiger partial charge in [0.15, 0.2) is 11.5 Å². The van der Waals surface area contributed by atoms with E-state index in [1.54, 1.807) is 30.3 Å². The van der Waals surface area contributed by atoms with E-state index >= 15 is 0 Å². The van der Waals surface area contributed by atoms with Crippen molar-refractivity contribution in [1.29, 1.82) is 0 Å². The van der Waals surface area contributed by atoms with Crippen LogP contribution in [0.25, 0.3) is 0 Å². The average Bonchev–Trinajstić information content (AvgIpc) is 3.49. The van der Waals surface area contributed by atoms with Crippen LogP contribution >= 0.6 is 11.3 Å². The number of sulfonamides is 1. The van der Waals surface area contributed by atoms with Crippen LogP contribution in [0.1, 0.15) is 48.6 Å². The van der Waals surface area contributed by atoms with Crippen molar-refractivity contribution >= 4 is 38.9 Å². The van der Waals surface area contributed by atoms with E-state index in [1.807, 2.05) is 17.5 Å². The molecule has 1 unspecified atom stereocenters. The van der Waals surface area contributed by atoms with Crippen LogP contribution in [0.4, 0.5) is 5.69 Å². The molecule has 0 radical (unpaired) electrons. The zero-order valence-electron chi connectivity index (χ0n) is 23.8. The van der Waals surface area contributed by atoms with Crippen molar-refractivity contribution < 1.29 is 27.5 Å². The average molecular weight is 600 g/mol. The molecule has 0 saturated heterocycles. The minimum atomic E-state index is -3.68. The predicted molar refractivity (Wildman–Crippen MR) is 160 cm³/mol. The monoisotopic (exact) mass is 599 g/mol. The van der Waals surface area contributed by atoms with Crippen LogP contribution in [0.5, 0.6) is 11.5 Å². The van der Waals surface area contributed by atoms with Crippen LogP contribution in [0, 0.1) is 0 Å². The Balaban J connectivity index is 1.83. The van der Waals surface area contributed by atoms with Gasteiger partial charge in [-0.05, 0) is 66.2 Å². The van der Waals surface area contributed by atoms with Gasteiger partial charge in [-0.25, -0.2) is 12.7 Å². The number of amides is 2. The fourth-order valence-corrected chi connectivity index (χ4v) is 6.64. The van der Waals surface area contributed by atoms with Gasteiger partial charge in [-0.1, -0.05) is 31.4 Å². The second kappa shape index (κ2) is 13.5. The summed E-state index contributed by atoms with van der Waals surface area (Å²) in [5.74, 6) is 0.318. The van der Waals surface area contributed by atoms with Crippen LogP contribution in [0.15, 0.2) is 64.9 Å². The second-order valence-electron chi connectivity index (χ2n) is 10.2. The van der Waals surface area contributed by atoms with Crippen molar-refractivity contribution in [2.75, 3.05) is 33.2 Å². The second-order valence-corrected chi connectivity index (χ2v) is 13.3. The summed E-state index contributed by atoms with van der Waals surface area (Å²) in [5.41, 5.74) is 0.948. The highest BCUT2D eigenvalue weighted by molar-refractivity contribution is 7.89. The Kier molecular flexibility index (Phi) is 10.1. The maximum Gasteiger partial charge on any atom is 0.248 e. The number of ether oxygens (including phenoxy) is 2. The van der Waals surface area contributed by atoms with Crippen molar-refractivity contribution in [2.24, 2.45) is 0 Å². The number of hydrogen-bond acceptors (Lipinski definition) is 7. The number of hydrogen-bond donors (Lipinski definition) is 1. The van der Waals surface area contributed by atoms with E-state index in [9.17, 15) is 18.0 Å². The molecule has 220 valence electrons. The lowest BCUT2D eigenvalue weighted by molar-refractivity contribution is -0.127. The lowest BCUT2D eigenvalue weighted by atomic mass is 9.94. The van der Waals surface area contributed by atoms with Crippen molar-refractivity contribution in [3.8, 4) is 11.5 Å². The summed E-state index contributed by atoms with van der Waals surface area (Å²) in [6.45, 7) is 0. The zero-order valence-corrected chi connectivity index (χ0v) is 25.5. The van der Waals surface area contributed by atoms with E-state index in [-0.39, 0.29) is 29.2 Å². The highest BCUT2D eigenvalue weighted by Crippen LogP contribution is 2.36. The summed E-state index contributed by atoms with van der Waals surface area (Å²) in [6.07, 6.45) is 5.05. The molecule has 1 N–H and O–H groups in total. The maximum absolute atomic E-state index is 14.1. The number of nitrogens with one attached hydrogen (secondary N) is 1. The number of thiophene rings is 1. The zero-order chi connectivity index (χ0) is 29.6. The Morgan fingerprint density at radius 2 is 1.66 bits per heavy atom. The van der Waals surface area contributed by atoms with Crippen molar-refractivity contribution in [2.45, 2.75) is 55.5 Å². The van der Waals surface area contributed by atoms with Gasteiger partial charge in [-0.2, -0.15) is 0 Å². The molecule has 0 spiro atoms. The van der Waals surface area contributed by atoms with Crippen molar-refractivity contribution in [3.63, 3.8) is 0 Å². The lowest BCUT2D eigenvalue weighted by Crippen LogP contribution is -2.47. The van der Waals surface area contributed by atoms with E-state index in [1.165, 1.54) is 56.7 Å². The molecule has 3 aromatic rings. The SMILES string of the molecule is COc1ccc(C(C(=O)NC2CCCCC2)N(C(=O)Cc2cccs2)c2ccc(S(=O)(=O)N(C)C)cc2)cc1OC. The highest BCUT2D eigenvalue weighted by Gasteiger charge is 2.35. The first kappa shape index (κ1) is 30.5. The number of rotatable bonds is 11. The summed E-state index contributed by atoms with van der Waals surface area (Å²) in [4.78, 5) is 30.6. The summed E-state index contributed by atoms with van der Waals surface area (Å²) >= 11 is 1.46. The topological polar surface area (TPSA) is 105 Å². The van der Waals surface area contributed by atoms with E-state index in [2.05, 4.69) is 5.32 Å². The molecule has 1 aliphatic carbocycles. The summed E-state index contributed by atoms with van der Waals surface area (Å²) in [6, 6.07) is 14.0. The number of nitrogens with zero attached hydrogens (tertiary/aromatic N) is 2. The van der Waals surface area contributed by atoms with E-state index in [4.69, 9.17) is 9.47 Å². The molecule has 1 aromatic heterocycles. The molecule has 2 amide bonds. The van der Waals surface area contributed by atoms with Gasteiger partial charge in [0.05, 0.1) is 25.5 Å². The molecule has 2 aromatic carbocycles. The molecule has 1 saturated carbocycles. The van der Waals surface area contributed by atoms with Gasteiger partial charge in [-0.15, -0.1) is 11.3 Å². The van der Waals surface area contributed by atoms with Gasteiger partial charge in [-0.3, -0.25) is 14.5 Å². The lowest BCUT2D eigenvalue weighted by Gasteiger charge is -2.34. The number of methoxy groups -OCH3 is 2. The smallest absolute Gasteiger partial charge is 0.248 e. The summed E-state index contributed by atoms with van der Waals surface area (Å²) < 4.78 is 37.5. The van der Waals surface area contributed by atoms with E-state index < -0.39 is 16.1 Å². The number of benzene rings is 2. The van der Waals surface area contributed by atoms with Crippen LogP contribution in [-0.2, 0) is 26.0 Å². The number of anilines is 1. The first-order chi connectivity index (χ1) is 19.6. The van der Waals surface area contributed by atoms with Gasteiger partial charge >= 0.3 is 0 Å². The summed E-state index contributed by atoms with van der Waals surface area (Å²) in [7, 11) is 2.29. The Labute approximate surface area is 246 Å². The third kappa shape index (κ3) is 7.09. The molecule has 9 nitrogen and oxygen atoms in total. The van der Waals surface area contributed by atoms with Gasteiger partial charge < -0.3 is 14.8 Å². The van der Waals surface area contributed by atoms with Crippen LogP contribution in [0.2, 0.25) is 0 Å². The molecule has 41 heavy (non-hydrogen) atoms. The molecule has 1 atom stereocenters. The van der Waals surface area contributed by atoms with Gasteiger partial charge in [0.1, 0.15) is 6.04 Å². The van der Waals surface area contributed by atoms with Gasteiger partial charge in [0.25, 0.3) is 0 Å². The number of carbonyl (C=O) groups is 2. The van der Waals surface area contributed by atoms with Crippen molar-refractivity contribution in [3.05, 3.63) is 70.4 Å². The van der Waals surface area contributed by atoms with E-state index in [0.29, 0.717) is 22.7 Å². The van der Waals surface area contributed by atoms with Gasteiger partial charge in [0.2, 0.25) is 21.8 Å². The molecule has 0 aliphatic heterocycles. The van der Waals surface area contributed by atoms with E-state index in [0.717, 1.165) is 41.3 Å². The quantitative estimate of drug-likeness (QED) is 0.340. The molecular formula is C30H37N3O6S2. The largest absolute Gasteiger partial charge is 0.493 e. The molecule has 1 fully saturated rings. The normalized spacial score (nSPS) is 14.9. The van der Waals surface area contributed by atoms with Crippen LogP contribution in [-0.4, -0.2) is 58.9 Å². The third-order valence-corrected chi connectivity index (χ3v) is 9.95. The van der Waals surface area contributed by atoms with Crippen molar-refractivity contribution in [1.82, 2.24) is 9.62 Å². The minimum Gasteiger partial charge on any atom is -0.493 e. The highest BCUT2D eigenvalue weighted by atomic mass is 32.2. The molecule has 0 bridgehead atoms. The molecule has 1 heterocycles. The molecular weight excluding hydrogens is 562 g/mol. The fourth-order valence-electron chi connectivity index (χ4n) is 5.04. The minimum absolute atomic E-state index is 0.0146. The Morgan fingerprint density at radius 3 is 2.24 bits per heavy atom. The van der Waals surface area contributed by atoms with Crippen LogP contribution < -0.4 is 19.7 Å². The maximum atomic E-state index is 14.1. The first-order valence-corrected chi connectivity index (χ1v) is 15.9. The predicted octanol–water partition coefficient (Wildman–Crippen LogP) is 4.78. The Hall–Kier alpha value is -3.41. The Bertz CT molecular complexity index is 1430. The molecule has 1 aliphatic rings. The Morgan fingerprint density at radius 1 is 0.976 bits per heavy atom. The number of carbonyl (C=O) groups excluding carboxylic acids is 2. The van der Waals surface area contributed by atoms with Gasteiger partial charge in [0, 0.05) is 30.7 Å².